The molecule has 0 saturated carbocycles. The van der Waals surface area contributed by atoms with Gasteiger partial charge < -0.3 is 5.11 Å². The van der Waals surface area contributed by atoms with E-state index in [1.54, 1.807) is 0 Å². The first-order valence-corrected chi connectivity index (χ1v) is 6.99. The molecule has 5 heteroatoms. The van der Waals surface area contributed by atoms with Crippen LogP contribution in [0, 0.1) is 25.5 Å². The van der Waals surface area contributed by atoms with Crippen LogP contribution < -0.4 is 0 Å². The molecule has 0 radical (unpaired) electrons. The average molecular weight is 294 g/mol. The fourth-order valence-corrected chi connectivity index (χ4v) is 2.53. The Morgan fingerprint density at radius 2 is 2.00 bits per heavy atom. The molecule has 114 valence electrons. The molecule has 1 unspecified atom stereocenters. The summed E-state index contributed by atoms with van der Waals surface area (Å²) in [5.74, 6) is -1.21. The van der Waals surface area contributed by atoms with Crippen molar-refractivity contribution < 1.29 is 13.9 Å². The summed E-state index contributed by atoms with van der Waals surface area (Å²) < 4.78 is 28.2. The molecule has 1 aromatic carbocycles. The summed E-state index contributed by atoms with van der Waals surface area (Å²) in [7, 11) is 1.89. The van der Waals surface area contributed by atoms with Gasteiger partial charge in [0.05, 0.1) is 11.8 Å². The van der Waals surface area contributed by atoms with E-state index >= 15 is 0 Å². The number of hydrogen-bond donors (Lipinski definition) is 1. The predicted molar refractivity (Wildman–Crippen MR) is 77.1 cm³/mol. The van der Waals surface area contributed by atoms with Gasteiger partial charge in [0.25, 0.3) is 0 Å². The van der Waals surface area contributed by atoms with Crippen molar-refractivity contribution in [1.82, 2.24) is 9.78 Å². The van der Waals surface area contributed by atoms with Crippen molar-refractivity contribution in [3.8, 4) is 0 Å². The third-order valence-electron chi connectivity index (χ3n) is 3.86. The number of aliphatic hydroxyl groups excluding tert-OH is 1. The van der Waals surface area contributed by atoms with Crippen LogP contribution in [0.1, 0.15) is 28.9 Å². The zero-order valence-corrected chi connectivity index (χ0v) is 12.5. The minimum absolute atomic E-state index is 0.185. The molecule has 0 fully saturated rings. The van der Waals surface area contributed by atoms with E-state index in [-0.39, 0.29) is 6.42 Å². The number of rotatable bonds is 5. The van der Waals surface area contributed by atoms with Gasteiger partial charge in [-0.3, -0.25) is 4.68 Å². The highest BCUT2D eigenvalue weighted by molar-refractivity contribution is 5.24. The lowest BCUT2D eigenvalue weighted by molar-refractivity contribution is 0.164. The van der Waals surface area contributed by atoms with Crippen LogP contribution in [0.4, 0.5) is 8.78 Å². The Morgan fingerprint density at radius 3 is 2.57 bits per heavy atom. The highest BCUT2D eigenvalue weighted by Crippen LogP contribution is 2.17. The Kier molecular flexibility index (Phi) is 4.73. The molecule has 1 atom stereocenters. The van der Waals surface area contributed by atoms with Gasteiger partial charge in [-0.05, 0) is 43.9 Å². The molecule has 0 aliphatic carbocycles. The number of aliphatic hydroxyl groups is 1. The van der Waals surface area contributed by atoms with Gasteiger partial charge in [0.1, 0.15) is 11.6 Å². The van der Waals surface area contributed by atoms with Gasteiger partial charge in [0, 0.05) is 25.2 Å². The number of aromatic nitrogens is 2. The van der Waals surface area contributed by atoms with Gasteiger partial charge in [0.2, 0.25) is 0 Å². The highest BCUT2D eigenvalue weighted by atomic mass is 19.1. The van der Waals surface area contributed by atoms with Crippen molar-refractivity contribution in [3.05, 3.63) is 52.3 Å². The van der Waals surface area contributed by atoms with E-state index in [9.17, 15) is 13.9 Å². The van der Waals surface area contributed by atoms with E-state index in [2.05, 4.69) is 5.10 Å². The van der Waals surface area contributed by atoms with Crippen molar-refractivity contribution in [2.75, 3.05) is 0 Å². The molecule has 2 aromatic rings. The van der Waals surface area contributed by atoms with Gasteiger partial charge >= 0.3 is 0 Å². The summed E-state index contributed by atoms with van der Waals surface area (Å²) in [5, 5.41) is 14.4. The van der Waals surface area contributed by atoms with E-state index in [1.165, 1.54) is 12.1 Å². The average Bonchev–Trinajstić information content (AvgIpc) is 2.65. The van der Waals surface area contributed by atoms with Gasteiger partial charge in [-0.25, -0.2) is 8.78 Å². The first-order chi connectivity index (χ1) is 9.88. The fraction of sp³-hybridized carbons (Fsp3) is 0.438. The number of halogens is 2. The molecule has 1 N–H and O–H groups in total. The van der Waals surface area contributed by atoms with Crippen LogP contribution in [0.15, 0.2) is 18.2 Å². The van der Waals surface area contributed by atoms with Crippen molar-refractivity contribution in [2.45, 2.75) is 39.2 Å². The molecule has 0 aliphatic heterocycles. The smallest absolute Gasteiger partial charge is 0.129 e. The largest absolute Gasteiger partial charge is 0.393 e. The van der Waals surface area contributed by atoms with Crippen molar-refractivity contribution in [3.63, 3.8) is 0 Å². The Labute approximate surface area is 123 Å². The SMILES string of the molecule is Cc1nn(C)c(C)c1CCC(O)Cc1ccc(F)cc1F. The molecule has 0 amide bonds. The van der Waals surface area contributed by atoms with Crippen LogP contribution in [0.3, 0.4) is 0 Å². The standard InChI is InChI=1S/C16H20F2N2O/c1-10-15(11(2)20(3)19-10)7-6-14(21)8-12-4-5-13(17)9-16(12)18/h4-5,9,14,21H,6-8H2,1-3H3. The first-order valence-electron chi connectivity index (χ1n) is 6.99. The molecular weight excluding hydrogens is 274 g/mol. The molecule has 1 aromatic heterocycles. The number of hydrogen-bond acceptors (Lipinski definition) is 2. The lowest BCUT2D eigenvalue weighted by Gasteiger charge is -2.11. The molecule has 3 nitrogen and oxygen atoms in total. The monoisotopic (exact) mass is 294 g/mol. The second-order valence-electron chi connectivity index (χ2n) is 5.41. The normalized spacial score (nSPS) is 12.7. The van der Waals surface area contributed by atoms with Crippen LogP contribution in [0.2, 0.25) is 0 Å². The molecule has 0 aliphatic rings. The van der Waals surface area contributed by atoms with Crippen LogP contribution in [-0.4, -0.2) is 21.0 Å². The van der Waals surface area contributed by atoms with Crippen LogP contribution in [0.25, 0.3) is 0 Å². The lowest BCUT2D eigenvalue weighted by Crippen LogP contribution is -2.13. The summed E-state index contributed by atoms with van der Waals surface area (Å²) in [6.07, 6.45) is 0.730. The molecule has 21 heavy (non-hydrogen) atoms. The Bertz CT molecular complexity index is 637. The topological polar surface area (TPSA) is 38.0 Å². The fourth-order valence-electron chi connectivity index (χ4n) is 2.53. The van der Waals surface area contributed by atoms with Gasteiger partial charge in [-0.15, -0.1) is 0 Å². The summed E-state index contributed by atoms with van der Waals surface area (Å²) in [4.78, 5) is 0. The number of benzene rings is 1. The van der Waals surface area contributed by atoms with Crippen molar-refractivity contribution in [2.24, 2.45) is 7.05 Å². The van der Waals surface area contributed by atoms with E-state index in [1.807, 2.05) is 25.6 Å². The molecular formula is C16H20F2N2O. The van der Waals surface area contributed by atoms with Gasteiger partial charge in [-0.2, -0.15) is 5.10 Å². The predicted octanol–water partition coefficient (Wildman–Crippen LogP) is 2.85. The molecule has 2 rings (SSSR count). The van der Waals surface area contributed by atoms with Crippen molar-refractivity contribution >= 4 is 0 Å². The maximum absolute atomic E-state index is 13.5. The van der Waals surface area contributed by atoms with Crippen LogP contribution >= 0.6 is 0 Å². The quantitative estimate of drug-likeness (QED) is 0.921. The zero-order valence-electron chi connectivity index (χ0n) is 12.5. The van der Waals surface area contributed by atoms with Crippen LogP contribution in [-0.2, 0) is 19.9 Å². The van der Waals surface area contributed by atoms with E-state index in [0.29, 0.717) is 18.4 Å². The third-order valence-corrected chi connectivity index (χ3v) is 3.86. The number of aryl methyl sites for hydroxylation is 2. The summed E-state index contributed by atoms with van der Waals surface area (Å²) in [6.45, 7) is 3.93. The summed E-state index contributed by atoms with van der Waals surface area (Å²) in [5.41, 5.74) is 3.49. The Morgan fingerprint density at radius 1 is 1.29 bits per heavy atom. The molecule has 0 saturated heterocycles. The minimum Gasteiger partial charge on any atom is -0.393 e. The first kappa shape index (κ1) is 15.6. The summed E-state index contributed by atoms with van der Waals surface area (Å²) in [6, 6.07) is 3.44. The van der Waals surface area contributed by atoms with Crippen LogP contribution in [0.5, 0.6) is 0 Å². The Hall–Kier alpha value is -1.75. The lowest BCUT2D eigenvalue weighted by atomic mass is 10.00. The second kappa shape index (κ2) is 6.35. The van der Waals surface area contributed by atoms with Crippen molar-refractivity contribution in [1.29, 1.82) is 0 Å². The maximum atomic E-state index is 13.5. The third kappa shape index (κ3) is 3.67. The van der Waals surface area contributed by atoms with Gasteiger partial charge in [0.15, 0.2) is 0 Å². The summed E-state index contributed by atoms with van der Waals surface area (Å²) >= 11 is 0. The maximum Gasteiger partial charge on any atom is 0.129 e. The molecule has 0 bridgehead atoms. The van der Waals surface area contributed by atoms with E-state index in [0.717, 1.165) is 23.0 Å². The second-order valence-corrected chi connectivity index (χ2v) is 5.41. The Balaban J connectivity index is 1.97. The zero-order chi connectivity index (χ0) is 15.6. The highest BCUT2D eigenvalue weighted by Gasteiger charge is 2.14. The minimum atomic E-state index is -0.663. The molecule has 1 heterocycles. The molecule has 0 spiro atoms. The van der Waals surface area contributed by atoms with E-state index in [4.69, 9.17) is 0 Å². The van der Waals surface area contributed by atoms with Gasteiger partial charge in [-0.1, -0.05) is 6.07 Å². The number of nitrogens with zero attached hydrogens (tertiary/aromatic N) is 2. The van der Waals surface area contributed by atoms with E-state index < -0.39 is 17.7 Å².